The van der Waals surface area contributed by atoms with Gasteiger partial charge in [0.05, 0.1) is 39.7 Å². The van der Waals surface area contributed by atoms with Gasteiger partial charge in [-0.05, 0) is 120 Å². The molecular weight excluding hydrogens is 1000 g/mol. The Labute approximate surface area is 478 Å². The van der Waals surface area contributed by atoms with Crippen molar-refractivity contribution < 1.29 is 86.5 Å². The molecule has 17 heteroatoms. The largest absolute Gasteiger partial charge is 0.460 e. The Hall–Kier alpha value is -3.94. The number of hydrogen-bond acceptors (Lipinski definition) is 16. The average Bonchev–Trinajstić information content (AvgIpc) is 1.31. The number of aliphatic hydroxyl groups is 2. The molecule has 442 valence electrons. The van der Waals surface area contributed by atoms with Crippen molar-refractivity contribution in [2.45, 2.75) is 201 Å². The number of cyclic esters (lactones) is 1. The van der Waals surface area contributed by atoms with E-state index in [2.05, 4.69) is 5.11 Å². The van der Waals surface area contributed by atoms with Gasteiger partial charge in [-0.1, -0.05) is 84.9 Å². The van der Waals surface area contributed by atoms with E-state index in [0.29, 0.717) is 44.1 Å². The van der Waals surface area contributed by atoms with Crippen molar-refractivity contribution in [1.29, 1.82) is 2.86 Å². The first-order valence-electron chi connectivity index (χ1n) is 32.1. The number of amides is 1. The Morgan fingerprint density at radius 2 is 1.67 bits per heavy atom. The monoisotopic (exact) mass is 1110 g/mol. The number of allylic oxidation sites excluding steroid dienone is 6. The molecule has 17 nitrogen and oxygen atoms in total. The SMILES string of the molecule is [2H]O[C@@H]1/C(C)=C/[C@@H](C)C(=O)C[C@@H]([C@H](C)C[C@@H]2CCC(OC(=O)C(C([2H])(C)C)(C([2H])([2H])O[2H])C([2H])([2H])OC)[C@H](OC([2H])([2H])C)C2)OC(=O)C2CCCCN2C(=O)C(=O)[C@]2(OC)OC(CC[C@H]2C)C[C@H](OC)/C(C)=C/C=C/C=C/[C@@H](C)C[C@@H](C)C(=O)[C@@H]1OC. The highest BCUT2D eigenvalue weighted by molar-refractivity contribution is 6.39. The molecule has 2 saturated heterocycles. The van der Waals surface area contributed by atoms with Crippen molar-refractivity contribution in [1.82, 2.24) is 4.90 Å². The highest BCUT2D eigenvalue weighted by Crippen LogP contribution is 2.40. The predicted octanol–water partition coefficient (Wildman–Crippen LogP) is 8.06. The predicted molar refractivity (Wildman–Crippen MR) is 295 cm³/mol. The lowest BCUT2D eigenvalue weighted by Gasteiger charge is -2.44. The van der Waals surface area contributed by atoms with E-state index in [9.17, 15) is 28.8 Å². The van der Waals surface area contributed by atoms with E-state index < -0.39 is 145 Å². The van der Waals surface area contributed by atoms with Crippen molar-refractivity contribution in [2.24, 2.45) is 46.8 Å². The summed E-state index contributed by atoms with van der Waals surface area (Å²) < 4.78 is 123. The fraction of sp³-hybridized carbons (Fsp3) is 0.770. The van der Waals surface area contributed by atoms with Crippen LogP contribution in [0.1, 0.15) is 156 Å². The molecule has 4 rings (SSSR count). The third kappa shape index (κ3) is 16.8. The number of fused-ring (bicyclic) bond motifs is 3. The number of piperidine rings is 1. The fourth-order valence-electron chi connectivity index (χ4n) is 11.5. The van der Waals surface area contributed by atoms with Crippen LogP contribution >= 0.6 is 0 Å². The number of carbonyl (C=O) groups excluding carboxylic acids is 6. The second kappa shape index (κ2) is 31.3. The molecule has 3 fully saturated rings. The highest BCUT2D eigenvalue weighted by atomic mass is 16.7. The second-order valence-electron chi connectivity index (χ2n) is 22.4. The van der Waals surface area contributed by atoms with Crippen molar-refractivity contribution in [2.75, 3.05) is 54.7 Å². The van der Waals surface area contributed by atoms with Gasteiger partial charge in [0.1, 0.15) is 41.7 Å². The molecule has 3 heterocycles. The van der Waals surface area contributed by atoms with Gasteiger partial charge in [0.25, 0.3) is 11.7 Å². The Morgan fingerprint density at radius 1 is 0.923 bits per heavy atom. The molecule has 78 heavy (non-hydrogen) atoms. The zero-order chi connectivity index (χ0) is 65.8. The molecular formula is C61H97NO16. The number of methoxy groups -OCH3 is 4. The zero-order valence-electron chi connectivity index (χ0n) is 57.7. The molecule has 2 bridgehead atoms. The summed E-state index contributed by atoms with van der Waals surface area (Å²) in [6, 6.07) is -1.27. The number of nitrogens with zero attached hydrogens (tertiary/aromatic N) is 1. The van der Waals surface area contributed by atoms with E-state index in [-0.39, 0.29) is 56.8 Å². The molecule has 3 aliphatic heterocycles. The molecule has 0 radical (unpaired) electrons. The van der Waals surface area contributed by atoms with E-state index in [0.717, 1.165) is 33.5 Å². The minimum atomic E-state index is -3.52. The van der Waals surface area contributed by atoms with Crippen LogP contribution in [0.4, 0.5) is 0 Å². The van der Waals surface area contributed by atoms with Crippen molar-refractivity contribution in [3.63, 3.8) is 0 Å². The number of rotatable bonds is 16. The molecule has 1 amide bonds. The van der Waals surface area contributed by atoms with Gasteiger partial charge in [0, 0.05) is 73.5 Å². The Bertz CT molecular complexity index is 2470. The summed E-state index contributed by atoms with van der Waals surface area (Å²) >= 11 is 0. The third-order valence-electron chi connectivity index (χ3n) is 16.4. The van der Waals surface area contributed by atoms with Gasteiger partial charge in [0.2, 0.25) is 8.65 Å². The molecule has 0 aromatic rings. The van der Waals surface area contributed by atoms with E-state index in [1.807, 2.05) is 44.2 Å². The summed E-state index contributed by atoms with van der Waals surface area (Å²) in [4.78, 5) is 88.8. The highest BCUT2D eigenvalue weighted by Gasteiger charge is 2.55. The van der Waals surface area contributed by atoms with Crippen LogP contribution in [0.25, 0.3) is 0 Å². The topological polar surface area (TPSA) is 220 Å². The van der Waals surface area contributed by atoms with Crippen molar-refractivity contribution in [3.05, 3.63) is 47.6 Å². The maximum absolute atomic E-state index is 14.9. The first kappa shape index (κ1) is 53.4. The van der Waals surface area contributed by atoms with Gasteiger partial charge >= 0.3 is 11.9 Å². The van der Waals surface area contributed by atoms with Crippen LogP contribution in [-0.2, 0) is 66.7 Å². The molecule has 1 saturated carbocycles. The standard InChI is InChI=1S/C61H97NO16/c1-15-75-52-32-45(25-27-49(52)77-59(70)60(35-63,36-71-11)37(2)3)31-41(7)51-34-48(64)40(6)30-43(9)54(66)55(73-13)53(65)42(8)29-38(4)21-17-16-18-22-39(5)50(72-12)33-46-26-24-44(10)61(74-14,78-46)56(67)57(68)62-28-20-19-23-47(62)58(69)76-51/h16-18,21-22,30,37-38,40-42,44-47,49-52,54-55,63,66H,15,19-20,23-29,31-36H2,1-14H3/b18-16+,21-17+,39-22+,43-30+/t38-,40-,41-,42-,44-,45+,46?,47?,49?,50+,51+,52-,54-,55+,60?,61-/m1/s1/i15D2,35D2,36D2,37D,63D,66D. The van der Waals surface area contributed by atoms with Crippen LogP contribution in [0.3, 0.4) is 0 Å². The van der Waals surface area contributed by atoms with E-state index >= 15 is 0 Å². The molecule has 0 spiro atoms. The number of Topliss-reactive ketones (excluding diaryl/α,β-unsaturated/α-hetero) is 3. The van der Waals surface area contributed by atoms with E-state index in [1.54, 1.807) is 47.8 Å². The summed E-state index contributed by atoms with van der Waals surface area (Å²) in [6.45, 7) is 6.43. The Morgan fingerprint density at radius 3 is 2.31 bits per heavy atom. The summed E-state index contributed by atoms with van der Waals surface area (Å²) in [5, 5.41) is 9.46. The maximum Gasteiger partial charge on any atom is 0.329 e. The minimum Gasteiger partial charge on any atom is -0.460 e. The fourth-order valence-corrected chi connectivity index (χ4v) is 11.5. The van der Waals surface area contributed by atoms with E-state index in [1.165, 1.54) is 19.1 Å². The van der Waals surface area contributed by atoms with Gasteiger partial charge in [-0.2, -0.15) is 0 Å². The van der Waals surface area contributed by atoms with Gasteiger partial charge in [-0.25, -0.2) is 4.79 Å². The zero-order valence-corrected chi connectivity index (χ0v) is 48.7. The maximum atomic E-state index is 14.9. The second-order valence-corrected chi connectivity index (χ2v) is 22.4. The van der Waals surface area contributed by atoms with Crippen LogP contribution in [0.5, 0.6) is 0 Å². The normalized spacial score (nSPS) is 38.8. The summed E-state index contributed by atoms with van der Waals surface area (Å²) in [5.41, 5.74) is -2.05. The average molecular weight is 1110 g/mol. The smallest absolute Gasteiger partial charge is 0.329 e. The van der Waals surface area contributed by atoms with E-state index in [4.69, 9.17) is 55.5 Å². The number of ketones is 3. The lowest BCUT2D eigenvalue weighted by atomic mass is 9.77. The minimum absolute atomic E-state index is 0.0137. The lowest BCUT2D eigenvalue weighted by Crippen LogP contribution is -2.61. The van der Waals surface area contributed by atoms with Crippen LogP contribution in [0, 0.1) is 46.8 Å². The van der Waals surface area contributed by atoms with Gasteiger partial charge in [-0.15, -0.1) is 0 Å². The Balaban J connectivity index is 1.80. The molecule has 4 unspecified atom stereocenters. The van der Waals surface area contributed by atoms with Crippen LogP contribution in [0.15, 0.2) is 47.6 Å². The van der Waals surface area contributed by atoms with Crippen molar-refractivity contribution >= 4 is 35.2 Å². The number of ether oxygens (including phenoxy) is 8. The Kier molecular flexibility index (Phi) is 21.4. The van der Waals surface area contributed by atoms with Gasteiger partial charge < -0.3 is 53.0 Å². The van der Waals surface area contributed by atoms with Gasteiger partial charge in [-0.3, -0.25) is 24.0 Å². The van der Waals surface area contributed by atoms with Gasteiger partial charge in [0.15, 0.2) is 5.78 Å². The molecule has 16 atom stereocenters. The molecule has 1 aliphatic carbocycles. The van der Waals surface area contributed by atoms with Crippen LogP contribution in [0.2, 0.25) is 0 Å². The molecule has 2 N–H and O–H groups in total. The quantitative estimate of drug-likeness (QED) is 0.0848. The number of carbonyl (C=O) groups is 6. The number of esters is 2. The van der Waals surface area contributed by atoms with Crippen molar-refractivity contribution in [3.8, 4) is 0 Å². The molecule has 0 aromatic heterocycles. The number of hydrogen-bond donors (Lipinski definition) is 2. The summed E-state index contributed by atoms with van der Waals surface area (Å²) in [5.74, 6) is -12.8. The third-order valence-corrected chi connectivity index (χ3v) is 16.4. The lowest BCUT2D eigenvalue weighted by molar-refractivity contribution is -0.277. The summed E-state index contributed by atoms with van der Waals surface area (Å²) in [7, 11) is 5.08. The first-order valence-corrected chi connectivity index (χ1v) is 27.8. The number of aliphatic hydroxyl groups excluding tert-OH is 1. The van der Waals surface area contributed by atoms with Crippen LogP contribution in [-0.4, -0.2) is 162 Å². The first-order chi connectivity index (χ1) is 40.5. The summed E-state index contributed by atoms with van der Waals surface area (Å²) in [6.07, 6.45) is 6.50. The molecule has 4 aliphatic rings. The van der Waals surface area contributed by atoms with Crippen LogP contribution < -0.4 is 0 Å². The molecule has 0 aromatic carbocycles.